The fraction of sp³-hybridized carbons (Fsp3) is 0.939. The molecule has 3 N–H and O–H groups in total. The first-order valence-electron chi connectivity index (χ1n) is 17.5. The Morgan fingerprint density at radius 1 is 0.605 bits per heavy atom. The number of ether oxygens (including phenoxy) is 2. The molecule has 0 aromatic rings. The van der Waals surface area contributed by atoms with Crippen LogP contribution in [0.15, 0.2) is 0 Å². The molecule has 2 unspecified atom stereocenters. The van der Waals surface area contributed by atoms with E-state index in [4.69, 9.17) is 24.3 Å². The van der Waals surface area contributed by atoms with Gasteiger partial charge in [-0.25, -0.2) is 4.57 Å². The van der Waals surface area contributed by atoms with Crippen LogP contribution in [0, 0.1) is 0 Å². The molecule has 256 valence electrons. The third-order valence-corrected chi connectivity index (χ3v) is 8.48. The molecule has 0 fully saturated rings. The number of carbonyl (C=O) groups is 2. The second-order valence-electron chi connectivity index (χ2n) is 11.8. The van der Waals surface area contributed by atoms with Crippen molar-refractivity contribution in [3.63, 3.8) is 0 Å². The Labute approximate surface area is 263 Å². The number of phosphoric ester groups is 1. The first-order chi connectivity index (χ1) is 20.8. The third-order valence-electron chi connectivity index (χ3n) is 7.49. The molecule has 0 bridgehead atoms. The topological polar surface area (TPSA) is 134 Å². The molecule has 0 saturated heterocycles. The molecule has 0 heterocycles. The second kappa shape index (κ2) is 31.0. The van der Waals surface area contributed by atoms with Gasteiger partial charge in [-0.05, 0) is 12.8 Å². The number of hydrogen-bond acceptors (Lipinski definition) is 8. The minimum absolute atomic E-state index is 0.0573. The monoisotopic (exact) mass is 635 g/mol. The molecule has 0 aromatic heterocycles. The zero-order valence-electron chi connectivity index (χ0n) is 27.7. The molecular weight excluding hydrogens is 569 g/mol. The molecule has 0 amide bonds. The average Bonchev–Trinajstić information content (AvgIpc) is 2.99. The summed E-state index contributed by atoms with van der Waals surface area (Å²) < 4.78 is 32.5. The van der Waals surface area contributed by atoms with Crippen molar-refractivity contribution in [3.05, 3.63) is 0 Å². The summed E-state index contributed by atoms with van der Waals surface area (Å²) in [4.78, 5) is 34.4. The molecule has 0 aliphatic rings. The van der Waals surface area contributed by atoms with Crippen molar-refractivity contribution < 1.29 is 37.6 Å². The van der Waals surface area contributed by atoms with Gasteiger partial charge in [0.05, 0.1) is 13.2 Å². The maximum absolute atomic E-state index is 12.4. The van der Waals surface area contributed by atoms with Crippen LogP contribution in [0.5, 0.6) is 0 Å². The van der Waals surface area contributed by atoms with Crippen LogP contribution in [0.25, 0.3) is 0 Å². The Balaban J connectivity index is 4.18. The van der Waals surface area contributed by atoms with E-state index in [1.807, 2.05) is 0 Å². The van der Waals surface area contributed by atoms with Crippen molar-refractivity contribution in [2.24, 2.45) is 5.73 Å². The van der Waals surface area contributed by atoms with E-state index in [0.717, 1.165) is 32.1 Å². The summed E-state index contributed by atoms with van der Waals surface area (Å²) in [5, 5.41) is 0. The molecule has 0 aromatic carbocycles. The minimum atomic E-state index is -4.35. The normalized spacial score (nSPS) is 13.5. The molecule has 0 spiro atoms. The number of carbonyl (C=O) groups excluding carboxylic acids is 2. The minimum Gasteiger partial charge on any atom is -0.462 e. The van der Waals surface area contributed by atoms with Crippen LogP contribution < -0.4 is 5.73 Å². The zero-order chi connectivity index (χ0) is 31.9. The van der Waals surface area contributed by atoms with E-state index < -0.39 is 26.5 Å². The van der Waals surface area contributed by atoms with Gasteiger partial charge in [-0.15, -0.1) is 0 Å². The first kappa shape index (κ1) is 42.0. The molecule has 43 heavy (non-hydrogen) atoms. The van der Waals surface area contributed by atoms with Crippen molar-refractivity contribution in [1.29, 1.82) is 0 Å². The quantitative estimate of drug-likeness (QED) is 0.0411. The number of hydrogen-bond donors (Lipinski definition) is 2. The lowest BCUT2D eigenvalue weighted by Crippen LogP contribution is -2.29. The second-order valence-corrected chi connectivity index (χ2v) is 13.2. The van der Waals surface area contributed by atoms with Crippen molar-refractivity contribution in [3.8, 4) is 0 Å². The number of rotatable bonds is 33. The molecule has 2 atom stereocenters. The Hall–Kier alpha value is -0.990. The number of nitrogens with two attached hydrogens (primary N) is 1. The van der Waals surface area contributed by atoms with E-state index in [0.29, 0.717) is 6.42 Å². The fourth-order valence-corrected chi connectivity index (χ4v) is 5.63. The Morgan fingerprint density at radius 3 is 1.42 bits per heavy atom. The van der Waals surface area contributed by atoms with Crippen LogP contribution in [0.1, 0.15) is 168 Å². The highest BCUT2D eigenvalue weighted by Crippen LogP contribution is 2.43. The maximum atomic E-state index is 12.4. The lowest BCUT2D eigenvalue weighted by molar-refractivity contribution is -0.161. The van der Waals surface area contributed by atoms with Crippen LogP contribution in [0.4, 0.5) is 0 Å². The summed E-state index contributed by atoms with van der Waals surface area (Å²) in [6.45, 7) is 3.68. The molecular formula is C33H66NO8P. The molecule has 0 aliphatic heterocycles. The van der Waals surface area contributed by atoms with Crippen LogP contribution >= 0.6 is 7.82 Å². The smallest absolute Gasteiger partial charge is 0.462 e. The highest BCUT2D eigenvalue weighted by molar-refractivity contribution is 7.47. The van der Waals surface area contributed by atoms with Gasteiger partial charge in [-0.2, -0.15) is 0 Å². The van der Waals surface area contributed by atoms with Gasteiger partial charge >= 0.3 is 19.8 Å². The lowest BCUT2D eigenvalue weighted by atomic mass is 10.0. The zero-order valence-corrected chi connectivity index (χ0v) is 28.6. The van der Waals surface area contributed by atoms with Crippen molar-refractivity contribution in [2.45, 2.75) is 174 Å². The van der Waals surface area contributed by atoms with Crippen molar-refractivity contribution in [2.75, 3.05) is 26.4 Å². The van der Waals surface area contributed by atoms with Crippen LogP contribution in [0.2, 0.25) is 0 Å². The summed E-state index contributed by atoms with van der Waals surface area (Å²) in [5.41, 5.74) is 5.31. The van der Waals surface area contributed by atoms with Gasteiger partial charge in [-0.1, -0.05) is 142 Å². The summed E-state index contributed by atoms with van der Waals surface area (Å²) >= 11 is 0. The Morgan fingerprint density at radius 2 is 1.00 bits per heavy atom. The SMILES string of the molecule is CCCCCCCCCCCCCCCCCC(=O)OC(COC(=O)CCCCCCCCC)COP(=O)(O)OCCN. The number of phosphoric acid groups is 1. The maximum Gasteiger partial charge on any atom is 0.472 e. The van der Waals surface area contributed by atoms with E-state index >= 15 is 0 Å². The van der Waals surface area contributed by atoms with Gasteiger partial charge in [0.15, 0.2) is 6.10 Å². The third kappa shape index (κ3) is 30.8. The van der Waals surface area contributed by atoms with Crippen LogP contribution in [-0.4, -0.2) is 49.3 Å². The van der Waals surface area contributed by atoms with Crippen LogP contribution in [0.3, 0.4) is 0 Å². The molecule has 0 aliphatic carbocycles. The predicted molar refractivity (Wildman–Crippen MR) is 174 cm³/mol. The summed E-state index contributed by atoms with van der Waals surface area (Å²) in [7, 11) is -4.35. The number of unbranched alkanes of at least 4 members (excludes halogenated alkanes) is 20. The highest BCUT2D eigenvalue weighted by Gasteiger charge is 2.25. The molecule has 10 heteroatoms. The van der Waals surface area contributed by atoms with Gasteiger partial charge in [0.25, 0.3) is 0 Å². The average molecular weight is 636 g/mol. The van der Waals surface area contributed by atoms with E-state index in [2.05, 4.69) is 13.8 Å². The lowest BCUT2D eigenvalue weighted by Gasteiger charge is -2.19. The summed E-state index contributed by atoms with van der Waals surface area (Å²) in [5.74, 6) is -0.828. The summed E-state index contributed by atoms with van der Waals surface area (Å²) in [6, 6.07) is 0. The van der Waals surface area contributed by atoms with Gasteiger partial charge in [-0.3, -0.25) is 18.6 Å². The fourth-order valence-electron chi connectivity index (χ4n) is 4.87. The molecule has 0 saturated carbocycles. The number of esters is 2. The van der Waals surface area contributed by atoms with Gasteiger partial charge in [0.2, 0.25) is 0 Å². The van der Waals surface area contributed by atoms with E-state index in [9.17, 15) is 19.0 Å². The van der Waals surface area contributed by atoms with Crippen LogP contribution in [-0.2, 0) is 32.7 Å². The van der Waals surface area contributed by atoms with Crippen molar-refractivity contribution in [1.82, 2.24) is 0 Å². The standard InChI is InChI=1S/C33H66NO8P/c1-3-5-7-9-11-12-13-14-15-16-17-18-20-22-24-26-33(36)42-31(30-41-43(37,38)40-28-27-34)29-39-32(35)25-23-21-19-10-8-6-4-2/h31H,3-30,34H2,1-2H3,(H,37,38). The predicted octanol–water partition coefficient (Wildman–Crippen LogP) is 8.94. The molecule has 0 radical (unpaired) electrons. The van der Waals surface area contributed by atoms with Gasteiger partial charge < -0.3 is 20.1 Å². The van der Waals surface area contributed by atoms with E-state index in [1.54, 1.807) is 0 Å². The Kier molecular flexibility index (Phi) is 30.3. The largest absolute Gasteiger partial charge is 0.472 e. The van der Waals surface area contributed by atoms with E-state index in [1.165, 1.54) is 103 Å². The van der Waals surface area contributed by atoms with Gasteiger partial charge in [0, 0.05) is 19.4 Å². The molecule has 9 nitrogen and oxygen atoms in total. The molecule has 0 rings (SSSR count). The Bertz CT molecular complexity index is 694. The highest BCUT2D eigenvalue weighted by atomic mass is 31.2. The van der Waals surface area contributed by atoms with Gasteiger partial charge in [0.1, 0.15) is 6.61 Å². The van der Waals surface area contributed by atoms with E-state index in [-0.39, 0.29) is 38.6 Å². The first-order valence-corrected chi connectivity index (χ1v) is 19.0. The van der Waals surface area contributed by atoms with Crippen molar-refractivity contribution >= 4 is 19.8 Å². The summed E-state index contributed by atoms with van der Waals surface area (Å²) in [6.07, 6.45) is 25.8.